The van der Waals surface area contributed by atoms with Crippen LogP contribution in [0, 0.1) is 5.82 Å². The van der Waals surface area contributed by atoms with Gasteiger partial charge in [-0.2, -0.15) is 0 Å². The monoisotopic (exact) mass is 294 g/mol. The molecule has 0 saturated carbocycles. The fourth-order valence-electron chi connectivity index (χ4n) is 2.17. The molecule has 0 aliphatic carbocycles. The molecule has 6 nitrogen and oxygen atoms in total. The summed E-state index contributed by atoms with van der Waals surface area (Å²) in [5, 5.41) is 8.61. The molecule has 0 bridgehead atoms. The van der Waals surface area contributed by atoms with Gasteiger partial charge in [-0.1, -0.05) is 0 Å². The Morgan fingerprint density at radius 1 is 1.43 bits per heavy atom. The van der Waals surface area contributed by atoms with E-state index in [2.05, 4.69) is 0 Å². The molecule has 1 fully saturated rings. The Balaban J connectivity index is 2.33. The van der Waals surface area contributed by atoms with Gasteiger partial charge >= 0.3 is 5.97 Å². The highest BCUT2D eigenvalue weighted by molar-refractivity contribution is 5.86. The summed E-state index contributed by atoms with van der Waals surface area (Å²) in [7, 11) is 0. The first-order valence-electron chi connectivity index (χ1n) is 6.32. The minimum absolute atomic E-state index is 0.145. The predicted octanol–water partition coefficient (Wildman–Crippen LogP) is 0.614. The number of hydrogen-bond donors (Lipinski definition) is 2. The summed E-state index contributed by atoms with van der Waals surface area (Å²) in [6, 6.07) is 3.42. The van der Waals surface area contributed by atoms with Crippen LogP contribution in [0.15, 0.2) is 24.3 Å². The Morgan fingerprint density at radius 3 is 2.86 bits per heavy atom. The van der Waals surface area contributed by atoms with Crippen molar-refractivity contribution in [2.24, 2.45) is 5.73 Å². The Bertz CT molecular complexity index is 588. The van der Waals surface area contributed by atoms with E-state index in [4.69, 9.17) is 15.6 Å². The van der Waals surface area contributed by atoms with Gasteiger partial charge in [-0.05, 0) is 29.8 Å². The van der Waals surface area contributed by atoms with Gasteiger partial charge in [-0.3, -0.25) is 4.79 Å². The van der Waals surface area contributed by atoms with E-state index in [0.717, 1.165) is 6.08 Å². The van der Waals surface area contributed by atoms with Crippen LogP contribution >= 0.6 is 0 Å². The Kier molecular flexibility index (Phi) is 4.54. The van der Waals surface area contributed by atoms with Crippen LogP contribution in [0.3, 0.4) is 0 Å². The smallest absolute Gasteiger partial charge is 0.328 e. The standard InChI is InChI=1S/C14H15FN2O4/c15-10-5-9(1-2-13(18)19)6-11(7-10)17-3-4-21-8-12(17)14(16)20/h1-2,5-7,12H,3-4,8H2,(H2,16,20)(H,18,19)/b2-1+. The first-order chi connectivity index (χ1) is 9.97. The normalized spacial score (nSPS) is 18.9. The van der Waals surface area contributed by atoms with Crippen molar-refractivity contribution in [3.63, 3.8) is 0 Å². The lowest BCUT2D eigenvalue weighted by atomic mass is 10.1. The number of amides is 1. The summed E-state index contributed by atoms with van der Waals surface area (Å²) in [5.41, 5.74) is 6.18. The molecular formula is C14H15FN2O4. The molecule has 1 aliphatic heterocycles. The molecule has 0 radical (unpaired) electrons. The van der Waals surface area contributed by atoms with E-state index in [9.17, 15) is 14.0 Å². The van der Waals surface area contributed by atoms with E-state index in [1.807, 2.05) is 0 Å². The number of carbonyl (C=O) groups is 2. The van der Waals surface area contributed by atoms with Crippen LogP contribution in [0.25, 0.3) is 6.08 Å². The van der Waals surface area contributed by atoms with Gasteiger partial charge in [0.2, 0.25) is 5.91 Å². The van der Waals surface area contributed by atoms with Crippen LogP contribution in [0.2, 0.25) is 0 Å². The second-order valence-corrected chi connectivity index (χ2v) is 4.60. The largest absolute Gasteiger partial charge is 0.478 e. The minimum Gasteiger partial charge on any atom is -0.478 e. The van der Waals surface area contributed by atoms with Crippen LogP contribution in [0.4, 0.5) is 10.1 Å². The zero-order valence-corrected chi connectivity index (χ0v) is 11.2. The SMILES string of the molecule is NC(=O)C1COCCN1c1cc(F)cc(/C=C/C(=O)O)c1. The molecule has 1 aromatic rings. The van der Waals surface area contributed by atoms with Gasteiger partial charge in [0.1, 0.15) is 11.9 Å². The van der Waals surface area contributed by atoms with Crippen LogP contribution in [-0.2, 0) is 14.3 Å². The van der Waals surface area contributed by atoms with Gasteiger partial charge < -0.3 is 20.5 Å². The number of halogens is 1. The van der Waals surface area contributed by atoms with Crippen molar-refractivity contribution in [3.05, 3.63) is 35.7 Å². The summed E-state index contributed by atoms with van der Waals surface area (Å²) in [4.78, 5) is 23.6. The van der Waals surface area contributed by atoms with Crippen molar-refractivity contribution in [3.8, 4) is 0 Å². The van der Waals surface area contributed by atoms with Gasteiger partial charge in [0.05, 0.1) is 13.2 Å². The van der Waals surface area contributed by atoms with Gasteiger partial charge in [0.25, 0.3) is 0 Å². The molecule has 1 saturated heterocycles. The summed E-state index contributed by atoms with van der Waals surface area (Å²) in [5.74, 6) is -2.20. The summed E-state index contributed by atoms with van der Waals surface area (Å²) < 4.78 is 18.9. The van der Waals surface area contributed by atoms with Crippen LogP contribution in [-0.4, -0.2) is 42.8 Å². The van der Waals surface area contributed by atoms with E-state index < -0.39 is 23.7 Å². The lowest BCUT2D eigenvalue weighted by Gasteiger charge is -2.35. The topological polar surface area (TPSA) is 92.9 Å². The maximum atomic E-state index is 13.7. The fraction of sp³-hybridized carbons (Fsp3) is 0.286. The molecule has 3 N–H and O–H groups in total. The molecule has 112 valence electrons. The molecule has 7 heteroatoms. The highest BCUT2D eigenvalue weighted by atomic mass is 19.1. The number of carboxylic acids is 1. The number of benzene rings is 1. The molecule has 0 spiro atoms. The van der Waals surface area contributed by atoms with E-state index in [0.29, 0.717) is 24.4 Å². The Hall–Kier alpha value is -2.41. The number of aliphatic carboxylic acids is 1. The van der Waals surface area contributed by atoms with Crippen molar-refractivity contribution < 1.29 is 23.8 Å². The molecule has 1 amide bonds. The first kappa shape index (κ1) is 15.0. The predicted molar refractivity (Wildman–Crippen MR) is 74.2 cm³/mol. The van der Waals surface area contributed by atoms with Crippen molar-refractivity contribution in [2.45, 2.75) is 6.04 Å². The van der Waals surface area contributed by atoms with Crippen LogP contribution in [0.5, 0.6) is 0 Å². The number of carbonyl (C=O) groups excluding carboxylic acids is 1. The van der Waals surface area contributed by atoms with Gasteiger partial charge in [-0.25, -0.2) is 9.18 Å². The van der Waals surface area contributed by atoms with Crippen LogP contribution in [0.1, 0.15) is 5.56 Å². The first-order valence-corrected chi connectivity index (χ1v) is 6.32. The number of primary amides is 1. The number of nitrogens with two attached hydrogens (primary N) is 1. The number of hydrogen-bond acceptors (Lipinski definition) is 4. The summed E-state index contributed by atoms with van der Waals surface area (Å²) in [6.45, 7) is 0.950. The third-order valence-corrected chi connectivity index (χ3v) is 3.11. The zero-order chi connectivity index (χ0) is 15.4. The molecule has 1 aromatic carbocycles. The molecular weight excluding hydrogens is 279 g/mol. The number of rotatable bonds is 4. The van der Waals surface area contributed by atoms with Crippen molar-refractivity contribution in [1.29, 1.82) is 0 Å². The number of anilines is 1. The van der Waals surface area contributed by atoms with E-state index in [1.165, 1.54) is 18.2 Å². The molecule has 1 aliphatic rings. The molecule has 21 heavy (non-hydrogen) atoms. The van der Waals surface area contributed by atoms with Crippen molar-refractivity contribution in [2.75, 3.05) is 24.7 Å². The average molecular weight is 294 g/mol. The third-order valence-electron chi connectivity index (χ3n) is 3.11. The summed E-state index contributed by atoms with van der Waals surface area (Å²) in [6.07, 6.45) is 2.21. The van der Waals surface area contributed by atoms with E-state index >= 15 is 0 Å². The average Bonchev–Trinajstić information content (AvgIpc) is 2.44. The second-order valence-electron chi connectivity index (χ2n) is 4.60. The Labute approximate surface area is 120 Å². The lowest BCUT2D eigenvalue weighted by molar-refractivity contribution is -0.131. The molecule has 1 heterocycles. The molecule has 2 rings (SSSR count). The highest BCUT2D eigenvalue weighted by Crippen LogP contribution is 2.23. The molecule has 0 aromatic heterocycles. The summed E-state index contributed by atoms with van der Waals surface area (Å²) >= 11 is 0. The number of ether oxygens (including phenoxy) is 1. The zero-order valence-electron chi connectivity index (χ0n) is 11.2. The third kappa shape index (κ3) is 3.79. The van der Waals surface area contributed by atoms with E-state index in [-0.39, 0.29) is 6.61 Å². The molecule has 1 atom stereocenters. The quantitative estimate of drug-likeness (QED) is 0.794. The second kappa shape index (κ2) is 6.36. The number of carboxylic acid groups (broad SMARTS) is 1. The Morgan fingerprint density at radius 2 is 2.19 bits per heavy atom. The van der Waals surface area contributed by atoms with Crippen molar-refractivity contribution in [1.82, 2.24) is 0 Å². The fourth-order valence-corrected chi connectivity index (χ4v) is 2.17. The van der Waals surface area contributed by atoms with Gasteiger partial charge in [0.15, 0.2) is 0 Å². The van der Waals surface area contributed by atoms with Gasteiger partial charge in [-0.15, -0.1) is 0 Å². The number of nitrogens with zero attached hydrogens (tertiary/aromatic N) is 1. The van der Waals surface area contributed by atoms with Crippen molar-refractivity contribution >= 4 is 23.6 Å². The maximum Gasteiger partial charge on any atom is 0.328 e. The van der Waals surface area contributed by atoms with Gasteiger partial charge in [0, 0.05) is 18.3 Å². The number of morpholine rings is 1. The molecule has 1 unspecified atom stereocenters. The maximum absolute atomic E-state index is 13.7. The minimum atomic E-state index is -1.12. The highest BCUT2D eigenvalue weighted by Gasteiger charge is 2.28. The van der Waals surface area contributed by atoms with E-state index in [1.54, 1.807) is 11.0 Å². The van der Waals surface area contributed by atoms with Crippen LogP contribution < -0.4 is 10.6 Å². The lowest BCUT2D eigenvalue weighted by Crippen LogP contribution is -2.52.